The van der Waals surface area contributed by atoms with Crippen LogP contribution in [0, 0.1) is 0 Å². The molecule has 0 aromatic heterocycles. The SMILES string of the molecule is CC(C)(O)N1C=CC2=NC(C(=O)Nc3ccccc3)=C[NH+]2C1. The lowest BCUT2D eigenvalue weighted by molar-refractivity contribution is -0.761. The fourth-order valence-electron chi connectivity index (χ4n) is 2.35. The standard InChI is InChI=1S/C16H18N4O2/c1-16(2,22)20-9-8-14-18-13(10-19(14)11-20)15(21)17-12-6-4-3-5-7-12/h3-10,22H,11H2,1-2H3,(H,17,21)/p+1. The molecule has 2 heterocycles. The van der Waals surface area contributed by atoms with E-state index in [2.05, 4.69) is 10.3 Å². The van der Waals surface area contributed by atoms with Gasteiger partial charge in [-0.05, 0) is 26.0 Å². The van der Waals surface area contributed by atoms with Gasteiger partial charge in [-0.25, -0.2) is 4.90 Å². The van der Waals surface area contributed by atoms with Crippen molar-refractivity contribution in [2.45, 2.75) is 19.6 Å². The van der Waals surface area contributed by atoms with Gasteiger partial charge in [0.15, 0.2) is 12.4 Å². The number of quaternary nitrogens is 1. The molecule has 2 aliphatic heterocycles. The normalized spacial score (nSPS) is 20.3. The summed E-state index contributed by atoms with van der Waals surface area (Å²) in [7, 11) is 0. The lowest BCUT2D eigenvalue weighted by Crippen LogP contribution is -3.11. The second kappa shape index (κ2) is 5.40. The molecule has 3 rings (SSSR count). The van der Waals surface area contributed by atoms with Crippen LogP contribution in [0.25, 0.3) is 0 Å². The molecule has 3 N–H and O–H groups in total. The zero-order chi connectivity index (χ0) is 15.7. The predicted octanol–water partition coefficient (Wildman–Crippen LogP) is 0.279. The molecule has 6 heteroatoms. The van der Waals surface area contributed by atoms with Gasteiger partial charge in [-0.2, -0.15) is 4.99 Å². The number of amidine groups is 1. The number of hydrogen-bond donors (Lipinski definition) is 3. The fraction of sp³-hybridized carbons (Fsp3) is 0.250. The molecular formula is C16H19N4O2+. The van der Waals surface area contributed by atoms with Crippen LogP contribution in [0.4, 0.5) is 5.69 Å². The number of nitrogens with one attached hydrogen (secondary N) is 2. The van der Waals surface area contributed by atoms with Crippen LogP contribution in [0.2, 0.25) is 0 Å². The van der Waals surface area contributed by atoms with E-state index < -0.39 is 5.72 Å². The Morgan fingerprint density at radius 2 is 2.09 bits per heavy atom. The van der Waals surface area contributed by atoms with Crippen molar-refractivity contribution in [3.05, 3.63) is 54.5 Å². The smallest absolute Gasteiger partial charge is 0.280 e. The van der Waals surface area contributed by atoms with Crippen molar-refractivity contribution in [3.8, 4) is 0 Å². The van der Waals surface area contributed by atoms with Gasteiger partial charge in [0.05, 0.1) is 0 Å². The second-order valence-corrected chi connectivity index (χ2v) is 5.81. The van der Waals surface area contributed by atoms with Gasteiger partial charge in [-0.1, -0.05) is 18.2 Å². The monoisotopic (exact) mass is 299 g/mol. The summed E-state index contributed by atoms with van der Waals surface area (Å²) < 4.78 is 0. The highest BCUT2D eigenvalue weighted by Crippen LogP contribution is 2.13. The third kappa shape index (κ3) is 2.93. The molecule has 1 atom stereocenters. The molecule has 0 radical (unpaired) electrons. The molecule has 0 saturated carbocycles. The van der Waals surface area contributed by atoms with E-state index in [1.165, 1.54) is 0 Å². The van der Waals surface area contributed by atoms with E-state index >= 15 is 0 Å². The molecule has 1 amide bonds. The zero-order valence-corrected chi connectivity index (χ0v) is 12.6. The van der Waals surface area contributed by atoms with Gasteiger partial charge in [-0.15, -0.1) is 0 Å². The topological polar surface area (TPSA) is 69.4 Å². The molecular weight excluding hydrogens is 280 g/mol. The van der Waals surface area contributed by atoms with Crippen LogP contribution in [0.15, 0.2) is 59.5 Å². The third-order valence-corrected chi connectivity index (χ3v) is 3.60. The molecule has 1 unspecified atom stereocenters. The molecule has 0 fully saturated rings. The molecule has 114 valence electrons. The van der Waals surface area contributed by atoms with Crippen LogP contribution in [0.5, 0.6) is 0 Å². The number of nitrogens with zero attached hydrogens (tertiary/aromatic N) is 2. The van der Waals surface area contributed by atoms with Gasteiger partial charge < -0.3 is 15.3 Å². The van der Waals surface area contributed by atoms with E-state index in [-0.39, 0.29) is 5.91 Å². The maximum atomic E-state index is 12.2. The van der Waals surface area contributed by atoms with Crippen molar-refractivity contribution >= 4 is 17.4 Å². The Labute approximate surface area is 129 Å². The number of aliphatic imine (C=N–C) groups is 1. The average molecular weight is 299 g/mol. The summed E-state index contributed by atoms with van der Waals surface area (Å²) in [5, 5.41) is 12.9. The van der Waals surface area contributed by atoms with Crippen LogP contribution in [-0.4, -0.2) is 34.1 Å². The highest BCUT2D eigenvalue weighted by Gasteiger charge is 2.34. The summed E-state index contributed by atoms with van der Waals surface area (Å²) in [5.74, 6) is 0.544. The molecule has 0 spiro atoms. The second-order valence-electron chi connectivity index (χ2n) is 5.81. The first-order chi connectivity index (χ1) is 10.4. The summed E-state index contributed by atoms with van der Waals surface area (Å²) in [5.41, 5.74) is 0.177. The summed E-state index contributed by atoms with van der Waals surface area (Å²) in [6, 6.07) is 9.28. The minimum Gasteiger partial charge on any atom is -0.371 e. The van der Waals surface area contributed by atoms with E-state index in [1.54, 1.807) is 31.1 Å². The lowest BCUT2D eigenvalue weighted by Gasteiger charge is -2.35. The quantitative estimate of drug-likeness (QED) is 0.751. The van der Waals surface area contributed by atoms with E-state index in [0.29, 0.717) is 12.4 Å². The Morgan fingerprint density at radius 1 is 1.36 bits per heavy atom. The molecule has 1 aromatic rings. The van der Waals surface area contributed by atoms with Crippen LogP contribution in [0.3, 0.4) is 0 Å². The van der Waals surface area contributed by atoms with Gasteiger partial charge in [0.2, 0.25) is 5.84 Å². The number of carbonyl (C=O) groups is 1. The summed E-state index contributed by atoms with van der Waals surface area (Å²) >= 11 is 0. The first-order valence-corrected chi connectivity index (χ1v) is 7.14. The van der Waals surface area contributed by atoms with Gasteiger partial charge in [0.1, 0.15) is 11.9 Å². The summed E-state index contributed by atoms with van der Waals surface area (Å²) in [4.78, 5) is 19.3. The summed E-state index contributed by atoms with van der Waals surface area (Å²) in [6.07, 6.45) is 5.39. The number of carbonyl (C=O) groups excluding carboxylic acids is 1. The van der Waals surface area contributed by atoms with Crippen LogP contribution >= 0.6 is 0 Å². The number of hydrogen-bond acceptors (Lipinski definition) is 4. The van der Waals surface area contributed by atoms with Gasteiger partial charge >= 0.3 is 0 Å². The maximum Gasteiger partial charge on any atom is 0.280 e. The third-order valence-electron chi connectivity index (χ3n) is 3.60. The molecule has 22 heavy (non-hydrogen) atoms. The highest BCUT2D eigenvalue weighted by atomic mass is 16.3. The first kappa shape index (κ1) is 14.5. The van der Waals surface area contributed by atoms with E-state index in [0.717, 1.165) is 16.4 Å². The van der Waals surface area contributed by atoms with Crippen molar-refractivity contribution < 1.29 is 14.8 Å². The maximum absolute atomic E-state index is 12.2. The largest absolute Gasteiger partial charge is 0.371 e. The molecule has 0 bridgehead atoms. The van der Waals surface area contributed by atoms with Crippen molar-refractivity contribution in [1.82, 2.24) is 4.90 Å². The fourth-order valence-corrected chi connectivity index (χ4v) is 2.35. The van der Waals surface area contributed by atoms with E-state index in [4.69, 9.17) is 0 Å². The number of amides is 1. The Kier molecular flexibility index (Phi) is 3.56. The number of aliphatic hydroxyl groups is 1. The number of anilines is 1. The van der Waals surface area contributed by atoms with Gasteiger partial charge in [0, 0.05) is 18.0 Å². The Hall–Kier alpha value is -2.44. The van der Waals surface area contributed by atoms with E-state index in [9.17, 15) is 9.90 Å². The van der Waals surface area contributed by atoms with Crippen LogP contribution in [-0.2, 0) is 4.79 Å². The minimum absolute atomic E-state index is 0.233. The van der Waals surface area contributed by atoms with Crippen molar-refractivity contribution in [2.75, 3.05) is 12.0 Å². The minimum atomic E-state index is -0.947. The number of benzene rings is 1. The summed E-state index contributed by atoms with van der Waals surface area (Å²) in [6.45, 7) is 3.98. The Bertz CT molecular complexity index is 671. The molecule has 0 aliphatic carbocycles. The van der Waals surface area contributed by atoms with Crippen LogP contribution in [0.1, 0.15) is 13.8 Å². The highest BCUT2D eigenvalue weighted by molar-refractivity contribution is 6.06. The van der Waals surface area contributed by atoms with Crippen LogP contribution < -0.4 is 10.2 Å². The molecule has 6 nitrogen and oxygen atoms in total. The number of rotatable bonds is 3. The molecule has 2 aliphatic rings. The van der Waals surface area contributed by atoms with Crippen molar-refractivity contribution in [3.63, 3.8) is 0 Å². The van der Waals surface area contributed by atoms with Gasteiger partial charge in [-0.3, -0.25) is 4.79 Å². The lowest BCUT2D eigenvalue weighted by atomic mass is 10.2. The first-order valence-electron chi connectivity index (χ1n) is 7.14. The van der Waals surface area contributed by atoms with Crippen molar-refractivity contribution in [2.24, 2.45) is 4.99 Å². The average Bonchev–Trinajstić information content (AvgIpc) is 2.90. The molecule has 0 saturated heterocycles. The molecule has 1 aromatic carbocycles. The van der Waals surface area contributed by atoms with E-state index in [1.807, 2.05) is 36.4 Å². The predicted molar refractivity (Wildman–Crippen MR) is 83.7 cm³/mol. The Balaban J connectivity index is 1.73. The zero-order valence-electron chi connectivity index (χ0n) is 12.6. The Morgan fingerprint density at radius 3 is 2.77 bits per heavy atom. The number of fused-ring (bicyclic) bond motifs is 1. The number of para-hydroxylation sites is 1. The van der Waals surface area contributed by atoms with Crippen molar-refractivity contribution in [1.29, 1.82) is 0 Å². The van der Waals surface area contributed by atoms with Gasteiger partial charge in [0.25, 0.3) is 5.91 Å².